The lowest BCUT2D eigenvalue weighted by atomic mass is 9.46. The normalized spacial score (nSPS) is 48.6. The van der Waals surface area contributed by atoms with Crippen molar-refractivity contribution in [2.45, 2.75) is 125 Å². The Balaban J connectivity index is 0.000000753. The first-order valence-corrected chi connectivity index (χ1v) is 15.1. The molecule has 0 aromatic carbocycles. The van der Waals surface area contributed by atoms with Crippen molar-refractivity contribution in [3.8, 4) is 25.7 Å². The summed E-state index contributed by atoms with van der Waals surface area (Å²) in [4.78, 5) is 11.6. The van der Waals surface area contributed by atoms with Crippen molar-refractivity contribution in [2.24, 2.45) is 51.2 Å². The lowest BCUT2D eigenvalue weighted by Crippen LogP contribution is -2.54. The molecular formula is C36H58O4. The molecule has 5 unspecified atom stereocenters. The second kappa shape index (κ2) is 12.0. The number of fused-ring (bicyclic) bond motifs is 4. The standard InChI is InChI=1S/C30H46O3.2C2H2.CH4O.CH4/c1-18(31)9-12-27(5)13-10-21-23(33-27)17-22-20-7-8-24-26(3,4)25(32)11-14-30(24)19(2)29(20,30)16-15-28(21,22)6;3*1-2;/h9,12,19-25,32H,7-8,10-11,13-17H2,1-6H3;2*1-2H;2H,1H3;1H4/b12-9+;;;;/t19-,20-,21?,22?,23?,24?,25-,27-,28+,29-,30?;;;;/m0..../s1. The topological polar surface area (TPSA) is 66.8 Å². The van der Waals surface area contributed by atoms with Crippen LogP contribution in [-0.2, 0) is 9.53 Å². The number of aliphatic hydroxyl groups excluding tert-OH is 2. The van der Waals surface area contributed by atoms with E-state index in [1.54, 1.807) is 13.0 Å². The number of hydrogen-bond donors (Lipinski definition) is 2. The highest BCUT2D eigenvalue weighted by Crippen LogP contribution is 2.89. The van der Waals surface area contributed by atoms with Crippen molar-refractivity contribution in [1.82, 2.24) is 0 Å². The van der Waals surface area contributed by atoms with E-state index in [-0.39, 0.29) is 30.3 Å². The SMILES string of the molecule is C.C#C.C#C.CC(=O)/C=C/[C@@]1(C)CCC2C(CC3[C@@H]4CCC5C(C)(C)[C@@H](O)CCC56[C@@H](C)[C@@]46CC[C@]23C)O1.CO. The van der Waals surface area contributed by atoms with E-state index in [2.05, 4.69) is 60.3 Å². The number of ether oxygens (including phenoxy) is 1. The fourth-order valence-electron chi connectivity index (χ4n) is 11.6. The van der Waals surface area contributed by atoms with Crippen LogP contribution in [0, 0.1) is 76.9 Å². The third-order valence-corrected chi connectivity index (χ3v) is 13.2. The smallest absolute Gasteiger partial charge is 0.152 e. The van der Waals surface area contributed by atoms with Gasteiger partial charge in [0.2, 0.25) is 0 Å². The van der Waals surface area contributed by atoms with Gasteiger partial charge in [0.1, 0.15) is 0 Å². The summed E-state index contributed by atoms with van der Waals surface area (Å²) in [5.74, 6) is 3.89. The molecule has 1 heterocycles. The molecule has 1 saturated heterocycles. The summed E-state index contributed by atoms with van der Waals surface area (Å²) in [5.41, 5.74) is 1.17. The Bertz CT molecular complexity index is 972. The summed E-state index contributed by atoms with van der Waals surface area (Å²) in [6, 6.07) is 0. The van der Waals surface area contributed by atoms with Crippen molar-refractivity contribution >= 4 is 5.78 Å². The molecule has 0 amide bonds. The van der Waals surface area contributed by atoms with Crippen LogP contribution in [0.5, 0.6) is 0 Å². The fraction of sp³-hybridized carbons (Fsp3) is 0.806. The Hall–Kier alpha value is -1.59. The summed E-state index contributed by atoms with van der Waals surface area (Å²) in [6.07, 6.45) is 31.1. The highest BCUT2D eigenvalue weighted by molar-refractivity contribution is 5.87. The van der Waals surface area contributed by atoms with Gasteiger partial charge in [0.25, 0.3) is 0 Å². The maximum absolute atomic E-state index is 11.6. The number of rotatable bonds is 2. The van der Waals surface area contributed by atoms with E-state index < -0.39 is 0 Å². The van der Waals surface area contributed by atoms with Crippen molar-refractivity contribution in [3.05, 3.63) is 12.2 Å². The van der Waals surface area contributed by atoms with E-state index >= 15 is 0 Å². The first-order chi connectivity index (χ1) is 18.4. The lowest BCUT2D eigenvalue weighted by Gasteiger charge is -2.59. The third-order valence-electron chi connectivity index (χ3n) is 13.2. The quantitative estimate of drug-likeness (QED) is 0.283. The van der Waals surface area contributed by atoms with Gasteiger partial charge in [-0.25, -0.2) is 0 Å². The third kappa shape index (κ3) is 4.53. The molecule has 0 bridgehead atoms. The van der Waals surface area contributed by atoms with Crippen LogP contribution in [0.1, 0.15) is 107 Å². The zero-order valence-corrected chi connectivity index (χ0v) is 25.6. The van der Waals surface area contributed by atoms with E-state index in [4.69, 9.17) is 9.84 Å². The Morgan fingerprint density at radius 3 is 2.08 bits per heavy atom. The van der Waals surface area contributed by atoms with Gasteiger partial charge in [-0.15, -0.1) is 25.7 Å². The van der Waals surface area contributed by atoms with Gasteiger partial charge >= 0.3 is 0 Å². The molecule has 6 fully saturated rings. The van der Waals surface area contributed by atoms with Gasteiger partial charge in [-0.3, -0.25) is 4.79 Å². The number of ketones is 1. The largest absolute Gasteiger partial charge is 0.400 e. The van der Waals surface area contributed by atoms with Gasteiger partial charge in [-0.2, -0.15) is 0 Å². The number of aliphatic hydroxyl groups is 2. The Morgan fingerprint density at radius 1 is 0.850 bits per heavy atom. The summed E-state index contributed by atoms with van der Waals surface area (Å²) in [6.45, 7) is 13.7. The fourth-order valence-corrected chi connectivity index (χ4v) is 11.6. The molecule has 5 saturated carbocycles. The van der Waals surface area contributed by atoms with E-state index in [0.29, 0.717) is 34.2 Å². The first kappa shape index (κ1) is 34.6. The van der Waals surface area contributed by atoms with Crippen molar-refractivity contribution in [2.75, 3.05) is 7.11 Å². The average Bonchev–Trinajstić information content (AvgIpc) is 3.32. The second-order valence-electron chi connectivity index (χ2n) is 14.3. The van der Waals surface area contributed by atoms with Crippen molar-refractivity contribution < 1.29 is 19.7 Å². The molecule has 6 rings (SSSR count). The van der Waals surface area contributed by atoms with Crippen LogP contribution in [0.4, 0.5) is 0 Å². The van der Waals surface area contributed by atoms with Gasteiger partial charge in [-0.05, 0) is 135 Å². The zero-order valence-electron chi connectivity index (χ0n) is 25.6. The first-order valence-electron chi connectivity index (χ1n) is 15.1. The Morgan fingerprint density at radius 2 is 1.48 bits per heavy atom. The molecule has 4 nitrogen and oxygen atoms in total. The molecular weight excluding hydrogens is 496 g/mol. The van der Waals surface area contributed by atoms with Crippen LogP contribution >= 0.6 is 0 Å². The number of hydrogen-bond acceptors (Lipinski definition) is 4. The molecule has 0 aromatic heterocycles. The molecule has 40 heavy (non-hydrogen) atoms. The zero-order chi connectivity index (χ0) is 29.6. The highest BCUT2D eigenvalue weighted by Gasteiger charge is 2.84. The monoisotopic (exact) mass is 554 g/mol. The Kier molecular flexibility index (Phi) is 10.3. The maximum atomic E-state index is 11.6. The highest BCUT2D eigenvalue weighted by atomic mass is 16.5. The molecule has 4 heteroatoms. The molecule has 11 atom stereocenters. The molecule has 5 aliphatic carbocycles. The van der Waals surface area contributed by atoms with E-state index in [9.17, 15) is 9.90 Å². The van der Waals surface area contributed by atoms with Gasteiger partial charge in [0.15, 0.2) is 5.78 Å². The second-order valence-corrected chi connectivity index (χ2v) is 14.3. The van der Waals surface area contributed by atoms with E-state index in [1.807, 2.05) is 6.08 Å². The number of carbonyl (C=O) groups is 1. The van der Waals surface area contributed by atoms with Gasteiger partial charge in [0.05, 0.1) is 17.8 Å². The van der Waals surface area contributed by atoms with Crippen LogP contribution in [0.2, 0.25) is 0 Å². The average molecular weight is 555 g/mol. The molecule has 2 N–H and O–H groups in total. The minimum Gasteiger partial charge on any atom is -0.400 e. The molecule has 0 radical (unpaired) electrons. The minimum atomic E-state index is -0.288. The van der Waals surface area contributed by atoms with E-state index in [1.165, 1.54) is 44.9 Å². The molecule has 0 aromatic rings. The van der Waals surface area contributed by atoms with Crippen LogP contribution in [0.25, 0.3) is 0 Å². The molecule has 2 spiro atoms. The van der Waals surface area contributed by atoms with Crippen LogP contribution < -0.4 is 0 Å². The maximum Gasteiger partial charge on any atom is 0.152 e. The molecule has 226 valence electrons. The molecule has 1 aliphatic heterocycles. The van der Waals surface area contributed by atoms with E-state index in [0.717, 1.165) is 37.7 Å². The lowest BCUT2D eigenvalue weighted by molar-refractivity contribution is -0.140. The van der Waals surface area contributed by atoms with Crippen molar-refractivity contribution in [1.29, 1.82) is 0 Å². The van der Waals surface area contributed by atoms with Crippen LogP contribution in [0.3, 0.4) is 0 Å². The number of allylic oxidation sites excluding steroid dienone is 1. The minimum absolute atomic E-state index is 0. The summed E-state index contributed by atoms with van der Waals surface area (Å²) < 4.78 is 6.84. The summed E-state index contributed by atoms with van der Waals surface area (Å²) >= 11 is 0. The number of terminal acetylenes is 2. The number of carbonyl (C=O) groups excluding carboxylic acids is 1. The Labute approximate surface area is 246 Å². The predicted octanol–water partition coefficient (Wildman–Crippen LogP) is 7.08. The van der Waals surface area contributed by atoms with Crippen LogP contribution in [0.15, 0.2) is 12.2 Å². The summed E-state index contributed by atoms with van der Waals surface area (Å²) in [7, 11) is 1.00. The summed E-state index contributed by atoms with van der Waals surface area (Å²) in [5, 5.41) is 17.9. The predicted molar refractivity (Wildman–Crippen MR) is 165 cm³/mol. The van der Waals surface area contributed by atoms with Crippen LogP contribution in [-0.4, -0.2) is 40.9 Å². The van der Waals surface area contributed by atoms with Gasteiger partial charge in [0, 0.05) is 7.11 Å². The van der Waals surface area contributed by atoms with Gasteiger partial charge in [-0.1, -0.05) is 35.1 Å². The van der Waals surface area contributed by atoms with Gasteiger partial charge < -0.3 is 14.9 Å². The van der Waals surface area contributed by atoms with Crippen molar-refractivity contribution in [3.63, 3.8) is 0 Å². The molecule has 6 aliphatic rings.